The number of aromatic nitrogens is 2. The Morgan fingerprint density at radius 1 is 1.17 bits per heavy atom. The van der Waals surface area contributed by atoms with E-state index in [9.17, 15) is 4.79 Å². The molecule has 1 aromatic carbocycles. The van der Waals surface area contributed by atoms with E-state index in [1.54, 1.807) is 16.7 Å². The Morgan fingerprint density at radius 2 is 2.09 bits per heavy atom. The fourth-order valence-corrected chi connectivity index (χ4v) is 4.61. The first kappa shape index (κ1) is 14.5. The molecule has 0 unspecified atom stereocenters. The second-order valence-corrected chi connectivity index (χ2v) is 7.66. The standard InChI is InChI=1S/C16H11N3OS3/c1-9-2-3-11-13(6-9)23-16(18-11)19-14(20)12-8-22-15(17-12)10-4-5-21-7-10/h2-8H,1H3,(H,18,19,20). The molecule has 0 aliphatic rings. The van der Waals surface area contributed by atoms with Crippen LogP contribution in [0.15, 0.2) is 40.4 Å². The van der Waals surface area contributed by atoms with Crippen LogP contribution in [0, 0.1) is 6.92 Å². The molecule has 23 heavy (non-hydrogen) atoms. The first-order valence-corrected chi connectivity index (χ1v) is 9.49. The zero-order valence-electron chi connectivity index (χ0n) is 12.1. The lowest BCUT2D eigenvalue weighted by Crippen LogP contribution is -2.11. The third-order valence-corrected chi connectivity index (χ3v) is 5.78. The number of thiophene rings is 1. The maximum Gasteiger partial charge on any atom is 0.276 e. The Bertz CT molecular complexity index is 985. The molecule has 1 amide bonds. The highest BCUT2D eigenvalue weighted by atomic mass is 32.1. The molecule has 0 aliphatic heterocycles. The highest BCUT2D eigenvalue weighted by Gasteiger charge is 2.14. The minimum absolute atomic E-state index is 0.224. The van der Waals surface area contributed by atoms with Crippen molar-refractivity contribution >= 4 is 55.3 Å². The number of carbonyl (C=O) groups is 1. The van der Waals surface area contributed by atoms with Crippen LogP contribution in [-0.4, -0.2) is 15.9 Å². The van der Waals surface area contributed by atoms with Crippen LogP contribution < -0.4 is 5.32 Å². The van der Waals surface area contributed by atoms with Crippen LogP contribution in [0.4, 0.5) is 5.13 Å². The molecule has 3 heterocycles. The number of nitrogens with one attached hydrogen (secondary N) is 1. The van der Waals surface area contributed by atoms with Gasteiger partial charge in [0, 0.05) is 16.3 Å². The Hall–Kier alpha value is -2.09. The van der Waals surface area contributed by atoms with Gasteiger partial charge in [0.15, 0.2) is 5.13 Å². The van der Waals surface area contributed by atoms with Crippen molar-refractivity contribution in [1.82, 2.24) is 9.97 Å². The first-order chi connectivity index (χ1) is 11.2. The summed E-state index contributed by atoms with van der Waals surface area (Å²) in [7, 11) is 0. The van der Waals surface area contributed by atoms with Crippen LogP contribution in [0.5, 0.6) is 0 Å². The lowest BCUT2D eigenvalue weighted by Gasteiger charge is -1.96. The minimum Gasteiger partial charge on any atom is -0.296 e. The van der Waals surface area contributed by atoms with E-state index in [0.29, 0.717) is 10.8 Å². The van der Waals surface area contributed by atoms with Crippen molar-refractivity contribution < 1.29 is 4.79 Å². The van der Waals surface area contributed by atoms with Gasteiger partial charge in [-0.05, 0) is 36.1 Å². The molecule has 0 spiro atoms. The summed E-state index contributed by atoms with van der Waals surface area (Å²) in [6.45, 7) is 2.04. The summed E-state index contributed by atoms with van der Waals surface area (Å²) in [5.41, 5.74) is 3.55. The lowest BCUT2D eigenvalue weighted by molar-refractivity contribution is 0.102. The Labute approximate surface area is 144 Å². The van der Waals surface area contributed by atoms with Gasteiger partial charge in [-0.15, -0.1) is 11.3 Å². The van der Waals surface area contributed by atoms with Crippen LogP contribution in [0.3, 0.4) is 0 Å². The molecule has 7 heteroatoms. The summed E-state index contributed by atoms with van der Waals surface area (Å²) in [4.78, 5) is 21.2. The van der Waals surface area contributed by atoms with Gasteiger partial charge < -0.3 is 0 Å². The van der Waals surface area contributed by atoms with Crippen molar-refractivity contribution in [3.8, 4) is 10.6 Å². The summed E-state index contributed by atoms with van der Waals surface area (Å²) in [6, 6.07) is 8.05. The molecule has 0 saturated heterocycles. The van der Waals surface area contributed by atoms with Gasteiger partial charge in [-0.1, -0.05) is 17.4 Å². The molecule has 0 fully saturated rings. The Balaban J connectivity index is 1.57. The number of benzene rings is 1. The molecule has 4 nitrogen and oxygen atoms in total. The van der Waals surface area contributed by atoms with Gasteiger partial charge in [-0.25, -0.2) is 9.97 Å². The van der Waals surface area contributed by atoms with Crippen LogP contribution in [-0.2, 0) is 0 Å². The van der Waals surface area contributed by atoms with Gasteiger partial charge in [-0.3, -0.25) is 10.1 Å². The van der Waals surface area contributed by atoms with Gasteiger partial charge in [0.05, 0.1) is 10.2 Å². The van der Waals surface area contributed by atoms with Crippen molar-refractivity contribution in [2.75, 3.05) is 5.32 Å². The summed E-state index contributed by atoms with van der Waals surface area (Å²) >= 11 is 4.56. The molecule has 0 saturated carbocycles. The summed E-state index contributed by atoms with van der Waals surface area (Å²) in [6.07, 6.45) is 0. The fourth-order valence-electron chi connectivity index (χ4n) is 2.14. The highest BCUT2D eigenvalue weighted by Crippen LogP contribution is 2.28. The van der Waals surface area contributed by atoms with Gasteiger partial charge in [0.1, 0.15) is 10.7 Å². The number of thiazole rings is 2. The number of rotatable bonds is 3. The monoisotopic (exact) mass is 357 g/mol. The Morgan fingerprint density at radius 3 is 2.91 bits per heavy atom. The largest absolute Gasteiger partial charge is 0.296 e. The van der Waals surface area contributed by atoms with Crippen LogP contribution >= 0.6 is 34.0 Å². The molecule has 0 bridgehead atoms. The fraction of sp³-hybridized carbons (Fsp3) is 0.0625. The highest BCUT2D eigenvalue weighted by molar-refractivity contribution is 7.22. The number of anilines is 1. The zero-order valence-corrected chi connectivity index (χ0v) is 14.5. The normalized spacial score (nSPS) is 11.0. The van der Waals surface area contributed by atoms with Crippen LogP contribution in [0.25, 0.3) is 20.8 Å². The molecule has 114 valence electrons. The number of fused-ring (bicyclic) bond motifs is 1. The van der Waals surface area contributed by atoms with Gasteiger partial charge in [0.2, 0.25) is 0 Å². The molecular formula is C16H11N3OS3. The zero-order chi connectivity index (χ0) is 15.8. The number of amides is 1. The van der Waals surface area contributed by atoms with E-state index in [4.69, 9.17) is 0 Å². The van der Waals surface area contributed by atoms with Gasteiger partial charge in [-0.2, -0.15) is 11.3 Å². The van der Waals surface area contributed by atoms with Crippen molar-refractivity contribution in [2.45, 2.75) is 6.92 Å². The van der Waals surface area contributed by atoms with E-state index in [0.717, 1.165) is 20.8 Å². The van der Waals surface area contributed by atoms with Crippen molar-refractivity contribution in [3.05, 3.63) is 51.7 Å². The SMILES string of the molecule is Cc1ccc2nc(NC(=O)c3csc(-c4ccsc4)n3)sc2c1. The molecule has 4 aromatic rings. The summed E-state index contributed by atoms with van der Waals surface area (Å²) in [5, 5.41) is 10.1. The third kappa shape index (κ3) is 2.90. The summed E-state index contributed by atoms with van der Waals surface area (Å²) in [5.74, 6) is -0.224. The number of nitrogens with zero attached hydrogens (tertiary/aromatic N) is 2. The third-order valence-electron chi connectivity index (χ3n) is 3.27. The quantitative estimate of drug-likeness (QED) is 0.559. The minimum atomic E-state index is -0.224. The van der Waals surface area contributed by atoms with E-state index in [1.165, 1.54) is 28.2 Å². The number of hydrogen-bond donors (Lipinski definition) is 1. The first-order valence-electron chi connectivity index (χ1n) is 6.86. The second-order valence-electron chi connectivity index (χ2n) is 4.99. The molecule has 0 aliphatic carbocycles. The maximum atomic E-state index is 12.3. The smallest absolute Gasteiger partial charge is 0.276 e. The van der Waals surface area contributed by atoms with E-state index in [1.807, 2.05) is 35.9 Å². The topological polar surface area (TPSA) is 54.9 Å². The second kappa shape index (κ2) is 5.84. The van der Waals surface area contributed by atoms with E-state index in [2.05, 4.69) is 21.4 Å². The van der Waals surface area contributed by atoms with Crippen LogP contribution in [0.1, 0.15) is 16.1 Å². The maximum absolute atomic E-state index is 12.3. The van der Waals surface area contributed by atoms with Gasteiger partial charge in [0.25, 0.3) is 5.91 Å². The molecule has 1 N–H and O–H groups in total. The molecule has 0 radical (unpaired) electrons. The number of hydrogen-bond acceptors (Lipinski definition) is 6. The lowest BCUT2D eigenvalue weighted by atomic mass is 10.2. The summed E-state index contributed by atoms with van der Waals surface area (Å²) < 4.78 is 1.07. The number of aryl methyl sites for hydroxylation is 1. The van der Waals surface area contributed by atoms with Gasteiger partial charge >= 0.3 is 0 Å². The van der Waals surface area contributed by atoms with Crippen molar-refractivity contribution in [2.24, 2.45) is 0 Å². The van der Waals surface area contributed by atoms with Crippen molar-refractivity contribution in [3.63, 3.8) is 0 Å². The average Bonchev–Trinajstić information content (AvgIpc) is 3.26. The molecule has 0 atom stereocenters. The predicted octanol–water partition coefficient (Wildman–Crippen LogP) is 5.04. The Kier molecular flexibility index (Phi) is 3.68. The molecular weight excluding hydrogens is 346 g/mol. The predicted molar refractivity (Wildman–Crippen MR) is 97.7 cm³/mol. The van der Waals surface area contributed by atoms with Crippen LogP contribution in [0.2, 0.25) is 0 Å². The van der Waals surface area contributed by atoms with Crippen molar-refractivity contribution in [1.29, 1.82) is 0 Å². The van der Waals surface area contributed by atoms with E-state index >= 15 is 0 Å². The molecule has 4 rings (SSSR count). The molecule has 3 aromatic heterocycles. The van der Waals surface area contributed by atoms with E-state index in [-0.39, 0.29) is 5.91 Å². The van der Waals surface area contributed by atoms with E-state index < -0.39 is 0 Å². The average molecular weight is 357 g/mol. The number of carbonyl (C=O) groups excluding carboxylic acids is 1.